The van der Waals surface area contributed by atoms with Crippen LogP contribution in [0, 0.1) is 24.4 Å². The molecular formula is C21H19F3N2O2S. The van der Waals surface area contributed by atoms with Crippen molar-refractivity contribution in [1.82, 2.24) is 9.88 Å². The lowest BCUT2D eigenvalue weighted by Crippen LogP contribution is -2.25. The number of nitrogens with zero attached hydrogens (tertiary/aromatic N) is 2. The number of hydrogen-bond acceptors (Lipinski definition) is 5. The molecule has 29 heavy (non-hydrogen) atoms. The molecule has 8 heteroatoms. The average Bonchev–Trinajstić information content (AvgIpc) is 3.03. The number of carbonyl (C=O) groups excluding carboxylic acids is 1. The van der Waals surface area contributed by atoms with Crippen molar-refractivity contribution in [3.05, 3.63) is 70.0 Å². The van der Waals surface area contributed by atoms with Crippen molar-refractivity contribution in [2.24, 2.45) is 0 Å². The van der Waals surface area contributed by atoms with Gasteiger partial charge in [-0.3, -0.25) is 9.69 Å². The van der Waals surface area contributed by atoms with E-state index in [1.807, 2.05) is 0 Å². The third-order valence-corrected chi connectivity index (χ3v) is 5.53. The number of thiazole rings is 1. The Balaban J connectivity index is 1.72. The van der Waals surface area contributed by atoms with Crippen LogP contribution >= 0.6 is 11.3 Å². The number of likely N-dealkylation sites (N-methyl/N-ethyl adjacent to an activating group) is 1. The lowest BCUT2D eigenvalue weighted by Gasteiger charge is -2.16. The Morgan fingerprint density at radius 3 is 2.55 bits per heavy atom. The Hall–Kier alpha value is -2.71. The molecule has 4 nitrogen and oxygen atoms in total. The van der Waals surface area contributed by atoms with Crippen molar-refractivity contribution >= 4 is 17.1 Å². The fraction of sp³-hybridized carbons (Fsp3) is 0.238. The summed E-state index contributed by atoms with van der Waals surface area (Å²) in [6, 6.07) is 7.88. The number of hydrogen-bond donors (Lipinski definition) is 0. The van der Waals surface area contributed by atoms with Crippen LogP contribution in [0.25, 0.3) is 10.6 Å². The molecule has 0 aliphatic rings. The third-order valence-electron chi connectivity index (χ3n) is 4.29. The molecule has 0 fully saturated rings. The first-order chi connectivity index (χ1) is 13.8. The summed E-state index contributed by atoms with van der Waals surface area (Å²) in [5.41, 5.74) is 1.34. The second-order valence-corrected chi connectivity index (χ2v) is 7.62. The van der Waals surface area contributed by atoms with Gasteiger partial charge in [-0.2, -0.15) is 0 Å². The highest BCUT2D eigenvalue weighted by atomic mass is 32.1. The zero-order chi connectivity index (χ0) is 21.1. The van der Waals surface area contributed by atoms with Crippen LogP contribution in [0.15, 0.2) is 36.4 Å². The van der Waals surface area contributed by atoms with E-state index in [1.165, 1.54) is 25.3 Å². The van der Waals surface area contributed by atoms with E-state index in [1.54, 1.807) is 24.9 Å². The monoisotopic (exact) mass is 420 g/mol. The lowest BCUT2D eigenvalue weighted by atomic mass is 10.2. The fourth-order valence-corrected chi connectivity index (χ4v) is 3.95. The number of ether oxygens (including phenoxy) is 1. The minimum Gasteiger partial charge on any atom is -0.494 e. The Morgan fingerprint density at radius 2 is 1.90 bits per heavy atom. The smallest absolute Gasteiger partial charge is 0.188 e. The molecule has 0 aliphatic heterocycles. The van der Waals surface area contributed by atoms with Gasteiger partial charge in [0, 0.05) is 18.2 Å². The molecule has 0 bridgehead atoms. The van der Waals surface area contributed by atoms with Crippen LogP contribution in [0.4, 0.5) is 13.2 Å². The highest BCUT2D eigenvalue weighted by Gasteiger charge is 2.19. The molecule has 0 saturated heterocycles. The minimum atomic E-state index is -0.726. The van der Waals surface area contributed by atoms with Crippen LogP contribution in [-0.4, -0.2) is 36.4 Å². The molecule has 0 N–H and O–H groups in total. The van der Waals surface area contributed by atoms with Gasteiger partial charge < -0.3 is 4.74 Å². The van der Waals surface area contributed by atoms with Crippen LogP contribution in [0.3, 0.4) is 0 Å². The number of methoxy groups -OCH3 is 1. The number of Topliss-reactive ketones (excluding diaryl/α,β-unsaturated/α-hetero) is 1. The molecule has 152 valence electrons. The lowest BCUT2D eigenvalue weighted by molar-refractivity contribution is 0.0946. The van der Waals surface area contributed by atoms with E-state index in [2.05, 4.69) is 4.98 Å². The van der Waals surface area contributed by atoms with Gasteiger partial charge >= 0.3 is 0 Å². The van der Waals surface area contributed by atoms with E-state index in [0.717, 1.165) is 23.5 Å². The molecule has 0 amide bonds. The fourth-order valence-electron chi connectivity index (χ4n) is 2.93. The predicted octanol–water partition coefficient (Wildman–Crippen LogP) is 4.86. The molecule has 3 rings (SSSR count). The van der Waals surface area contributed by atoms with Gasteiger partial charge in [-0.05, 0) is 43.8 Å². The topological polar surface area (TPSA) is 42.4 Å². The van der Waals surface area contributed by atoms with E-state index in [0.29, 0.717) is 27.7 Å². The van der Waals surface area contributed by atoms with Crippen LogP contribution in [0.5, 0.6) is 5.75 Å². The summed E-state index contributed by atoms with van der Waals surface area (Å²) in [4.78, 5) is 19.1. The Morgan fingerprint density at radius 1 is 1.14 bits per heavy atom. The summed E-state index contributed by atoms with van der Waals surface area (Å²) in [7, 11) is 3.14. The molecule has 0 spiro atoms. The summed E-state index contributed by atoms with van der Waals surface area (Å²) in [5, 5.41) is 0.322. The maximum absolute atomic E-state index is 14.0. The number of aryl methyl sites for hydroxylation is 1. The molecule has 0 atom stereocenters. The largest absolute Gasteiger partial charge is 0.494 e. The third kappa shape index (κ3) is 4.83. The molecule has 2 aromatic carbocycles. The van der Waals surface area contributed by atoms with Gasteiger partial charge in [0.1, 0.15) is 16.6 Å². The van der Waals surface area contributed by atoms with Crippen LogP contribution in [-0.2, 0) is 6.54 Å². The van der Waals surface area contributed by atoms with Gasteiger partial charge in [-0.1, -0.05) is 6.07 Å². The summed E-state index contributed by atoms with van der Waals surface area (Å²) >= 11 is 1.07. The van der Waals surface area contributed by atoms with Gasteiger partial charge in [0.15, 0.2) is 17.3 Å². The van der Waals surface area contributed by atoms with Gasteiger partial charge in [0.25, 0.3) is 0 Å². The Labute approximate surface area is 170 Å². The number of halogens is 3. The number of benzene rings is 2. The van der Waals surface area contributed by atoms with E-state index >= 15 is 0 Å². The highest BCUT2D eigenvalue weighted by molar-refractivity contribution is 7.17. The normalized spacial score (nSPS) is 11.1. The molecular weight excluding hydrogens is 401 g/mol. The second kappa shape index (κ2) is 8.75. The summed E-state index contributed by atoms with van der Waals surface area (Å²) in [5.74, 6) is -1.88. The van der Waals surface area contributed by atoms with Crippen LogP contribution in [0.1, 0.15) is 20.9 Å². The Bertz CT molecular complexity index is 1050. The van der Waals surface area contributed by atoms with Gasteiger partial charge in [0.05, 0.1) is 24.2 Å². The van der Waals surface area contributed by atoms with Crippen molar-refractivity contribution in [3.8, 4) is 16.3 Å². The summed E-state index contributed by atoms with van der Waals surface area (Å²) in [6.07, 6.45) is 0. The SMILES string of the molecule is COc1ccc(CN(C)CC(=O)c2sc(-c3ccc(F)cc3F)nc2C)cc1F. The maximum Gasteiger partial charge on any atom is 0.188 e. The standard InChI is InChI=1S/C21H19F3N2O2S/c1-12-20(29-21(25-12)15-6-5-14(22)9-16(15)23)18(27)11-26(2)10-13-4-7-19(28-3)17(24)8-13/h4-9H,10-11H2,1-3H3. The van der Waals surface area contributed by atoms with Crippen LogP contribution in [0.2, 0.25) is 0 Å². The number of ketones is 1. The molecule has 3 aromatic rings. The quantitative estimate of drug-likeness (QED) is 0.512. The van der Waals surface area contributed by atoms with E-state index in [-0.39, 0.29) is 23.6 Å². The second-order valence-electron chi connectivity index (χ2n) is 6.62. The molecule has 1 aromatic heterocycles. The van der Waals surface area contributed by atoms with Crippen molar-refractivity contribution in [2.45, 2.75) is 13.5 Å². The number of aromatic nitrogens is 1. The highest BCUT2D eigenvalue weighted by Crippen LogP contribution is 2.30. The zero-order valence-corrected chi connectivity index (χ0v) is 16.9. The minimum absolute atomic E-state index is 0.0853. The number of rotatable bonds is 7. The zero-order valence-electron chi connectivity index (χ0n) is 16.1. The van der Waals surface area contributed by atoms with Gasteiger partial charge in [-0.15, -0.1) is 11.3 Å². The molecule has 1 heterocycles. The predicted molar refractivity (Wildman–Crippen MR) is 106 cm³/mol. The molecule has 0 unspecified atom stereocenters. The van der Waals surface area contributed by atoms with Crippen molar-refractivity contribution in [2.75, 3.05) is 20.7 Å². The van der Waals surface area contributed by atoms with E-state index in [4.69, 9.17) is 4.74 Å². The maximum atomic E-state index is 14.0. The summed E-state index contributed by atoms with van der Waals surface area (Å²) < 4.78 is 45.9. The average molecular weight is 420 g/mol. The first kappa shape index (κ1) is 21.0. The Kier molecular flexibility index (Phi) is 6.34. The van der Waals surface area contributed by atoms with Crippen molar-refractivity contribution in [3.63, 3.8) is 0 Å². The summed E-state index contributed by atoms with van der Waals surface area (Å²) in [6.45, 7) is 2.12. The molecule has 0 radical (unpaired) electrons. The van der Waals surface area contributed by atoms with Crippen molar-refractivity contribution < 1.29 is 22.7 Å². The first-order valence-corrected chi connectivity index (χ1v) is 9.57. The first-order valence-electron chi connectivity index (χ1n) is 8.75. The van der Waals surface area contributed by atoms with Crippen LogP contribution < -0.4 is 4.74 Å². The van der Waals surface area contributed by atoms with Gasteiger partial charge in [0.2, 0.25) is 0 Å². The van der Waals surface area contributed by atoms with E-state index < -0.39 is 17.5 Å². The van der Waals surface area contributed by atoms with Crippen molar-refractivity contribution in [1.29, 1.82) is 0 Å². The molecule has 0 aliphatic carbocycles. The number of carbonyl (C=O) groups is 1. The molecule has 0 saturated carbocycles. The van der Waals surface area contributed by atoms with E-state index in [9.17, 15) is 18.0 Å². The van der Waals surface area contributed by atoms with Gasteiger partial charge in [-0.25, -0.2) is 18.2 Å².